The van der Waals surface area contributed by atoms with Crippen molar-refractivity contribution in [1.29, 1.82) is 0 Å². The van der Waals surface area contributed by atoms with Crippen molar-refractivity contribution < 1.29 is 15.0 Å². The lowest BCUT2D eigenvalue weighted by molar-refractivity contribution is 0.0910. The molecule has 2 fully saturated rings. The molecule has 1 amide bonds. The maximum atomic E-state index is 12.2. The van der Waals surface area contributed by atoms with Gasteiger partial charge in [-0.15, -0.1) is 0 Å². The van der Waals surface area contributed by atoms with E-state index in [0.29, 0.717) is 5.92 Å². The number of carbonyl (C=O) groups is 1. The van der Waals surface area contributed by atoms with Crippen LogP contribution in [-0.2, 0) is 0 Å². The number of hydrogen-bond donors (Lipinski definition) is 3. The molecule has 0 saturated heterocycles. The van der Waals surface area contributed by atoms with Gasteiger partial charge in [0.05, 0.1) is 0 Å². The van der Waals surface area contributed by atoms with Gasteiger partial charge in [-0.1, -0.05) is 12.5 Å². The van der Waals surface area contributed by atoms with Crippen molar-refractivity contribution >= 4 is 5.91 Å². The molecule has 2 aliphatic carbocycles. The molecule has 2 saturated carbocycles. The molecule has 0 spiro atoms. The first-order valence-corrected chi connectivity index (χ1v) is 7.38. The van der Waals surface area contributed by atoms with Gasteiger partial charge in [-0.2, -0.15) is 0 Å². The van der Waals surface area contributed by atoms with E-state index in [2.05, 4.69) is 5.32 Å². The molecule has 1 aromatic carbocycles. The molecule has 0 aromatic heterocycles. The zero-order chi connectivity index (χ0) is 14.3. The Balaban J connectivity index is 1.70. The van der Waals surface area contributed by atoms with Crippen LogP contribution in [0.2, 0.25) is 0 Å². The van der Waals surface area contributed by atoms with Crippen LogP contribution in [0.15, 0.2) is 18.2 Å². The molecule has 3 N–H and O–H groups in total. The van der Waals surface area contributed by atoms with Gasteiger partial charge in [0.2, 0.25) is 0 Å². The van der Waals surface area contributed by atoms with Crippen LogP contribution in [0.4, 0.5) is 0 Å². The predicted molar refractivity (Wildman–Crippen MR) is 75.6 cm³/mol. The molecule has 4 heteroatoms. The molecular formula is C16H21NO3. The number of carbonyl (C=O) groups excluding carboxylic acids is 1. The van der Waals surface area contributed by atoms with Gasteiger partial charge in [-0.3, -0.25) is 4.79 Å². The van der Waals surface area contributed by atoms with E-state index in [-0.39, 0.29) is 23.1 Å². The van der Waals surface area contributed by atoms with Crippen LogP contribution in [0.25, 0.3) is 0 Å². The molecule has 2 bridgehead atoms. The lowest BCUT2D eigenvalue weighted by Gasteiger charge is -2.28. The van der Waals surface area contributed by atoms with Gasteiger partial charge in [0.25, 0.3) is 5.91 Å². The van der Waals surface area contributed by atoms with Gasteiger partial charge >= 0.3 is 0 Å². The molecule has 0 aliphatic heterocycles. The summed E-state index contributed by atoms with van der Waals surface area (Å²) in [6.45, 7) is 2.03. The minimum absolute atomic E-state index is 0.0255. The summed E-state index contributed by atoms with van der Waals surface area (Å²) in [6.07, 6.45) is 5.10. The third kappa shape index (κ3) is 2.23. The highest BCUT2D eigenvalue weighted by Gasteiger charge is 2.42. The summed E-state index contributed by atoms with van der Waals surface area (Å²) in [5.74, 6) is 1.35. The number of phenols is 2. The second-order valence-electron chi connectivity index (χ2n) is 6.27. The Labute approximate surface area is 118 Å². The summed E-state index contributed by atoms with van der Waals surface area (Å²) in [7, 11) is 0. The van der Waals surface area contributed by atoms with E-state index < -0.39 is 5.91 Å². The summed E-state index contributed by atoms with van der Waals surface area (Å²) in [5, 5.41) is 22.4. The third-order valence-corrected chi connectivity index (χ3v) is 5.04. The Bertz CT molecular complexity index is 508. The van der Waals surface area contributed by atoms with Gasteiger partial charge in [0.15, 0.2) is 0 Å². The third-order valence-electron chi connectivity index (χ3n) is 5.04. The van der Waals surface area contributed by atoms with Crippen LogP contribution < -0.4 is 5.32 Å². The highest BCUT2D eigenvalue weighted by atomic mass is 16.3. The molecule has 20 heavy (non-hydrogen) atoms. The van der Waals surface area contributed by atoms with Gasteiger partial charge in [-0.05, 0) is 56.1 Å². The molecule has 4 unspecified atom stereocenters. The minimum atomic E-state index is -0.393. The van der Waals surface area contributed by atoms with E-state index in [1.807, 2.05) is 6.92 Å². The molecule has 4 atom stereocenters. The fourth-order valence-corrected chi connectivity index (χ4v) is 4.05. The molecule has 2 aliphatic rings. The Hall–Kier alpha value is -1.71. The topological polar surface area (TPSA) is 69.6 Å². The van der Waals surface area contributed by atoms with Crippen LogP contribution in [0.3, 0.4) is 0 Å². The predicted octanol–water partition coefficient (Wildman–Crippen LogP) is 2.65. The first-order chi connectivity index (χ1) is 9.56. The number of benzene rings is 1. The maximum Gasteiger partial charge on any atom is 0.259 e. The molecular weight excluding hydrogens is 254 g/mol. The fourth-order valence-electron chi connectivity index (χ4n) is 4.05. The van der Waals surface area contributed by atoms with Crippen molar-refractivity contribution in [3.8, 4) is 11.5 Å². The zero-order valence-electron chi connectivity index (χ0n) is 11.7. The van der Waals surface area contributed by atoms with Crippen molar-refractivity contribution in [1.82, 2.24) is 5.32 Å². The summed E-state index contributed by atoms with van der Waals surface area (Å²) < 4.78 is 0. The Morgan fingerprint density at radius 2 is 1.95 bits per heavy atom. The van der Waals surface area contributed by atoms with E-state index in [9.17, 15) is 15.0 Å². The zero-order valence-corrected chi connectivity index (χ0v) is 11.7. The van der Waals surface area contributed by atoms with Gasteiger partial charge in [-0.25, -0.2) is 0 Å². The second-order valence-corrected chi connectivity index (χ2v) is 6.27. The van der Waals surface area contributed by atoms with Crippen molar-refractivity contribution in [2.45, 2.75) is 38.6 Å². The molecule has 3 rings (SSSR count). The number of hydrogen-bond acceptors (Lipinski definition) is 3. The Morgan fingerprint density at radius 1 is 1.25 bits per heavy atom. The minimum Gasteiger partial charge on any atom is -0.507 e. The van der Waals surface area contributed by atoms with Gasteiger partial charge in [0, 0.05) is 6.04 Å². The normalized spacial score (nSPS) is 29.4. The molecule has 108 valence electrons. The van der Waals surface area contributed by atoms with E-state index in [1.54, 1.807) is 0 Å². The summed E-state index contributed by atoms with van der Waals surface area (Å²) in [5.41, 5.74) is -0.0255. The van der Waals surface area contributed by atoms with Crippen LogP contribution in [-0.4, -0.2) is 22.2 Å². The first kappa shape index (κ1) is 13.3. The molecule has 1 aromatic rings. The molecule has 0 radical (unpaired) electrons. The summed E-state index contributed by atoms with van der Waals surface area (Å²) in [4.78, 5) is 12.2. The number of phenolic OH excluding ortho intramolecular Hbond substituents is 2. The average Bonchev–Trinajstić information content (AvgIpc) is 3.00. The number of fused-ring (bicyclic) bond motifs is 2. The fraction of sp³-hybridized carbons (Fsp3) is 0.562. The van der Waals surface area contributed by atoms with Crippen molar-refractivity contribution in [3.05, 3.63) is 23.8 Å². The maximum absolute atomic E-state index is 12.2. The highest BCUT2D eigenvalue weighted by molar-refractivity contribution is 5.99. The standard InChI is InChI=1S/C16H21NO3/c1-9(12-8-10-5-6-11(12)7-10)17-16(20)15-13(18)3-2-4-14(15)19/h2-4,9-12,18-19H,5-8H2,1H3,(H,17,20). The quantitative estimate of drug-likeness (QED) is 0.794. The van der Waals surface area contributed by atoms with E-state index in [4.69, 9.17) is 0 Å². The number of rotatable bonds is 3. The summed E-state index contributed by atoms with van der Waals surface area (Å²) >= 11 is 0. The van der Waals surface area contributed by atoms with Gasteiger partial charge in [0.1, 0.15) is 17.1 Å². The lowest BCUT2D eigenvalue weighted by Crippen LogP contribution is -2.40. The number of aromatic hydroxyl groups is 2. The van der Waals surface area contributed by atoms with E-state index in [1.165, 1.54) is 43.9 Å². The molecule has 0 heterocycles. The highest BCUT2D eigenvalue weighted by Crippen LogP contribution is 2.49. The van der Waals surface area contributed by atoms with E-state index in [0.717, 1.165) is 11.8 Å². The Kier molecular flexibility index (Phi) is 3.32. The van der Waals surface area contributed by atoms with E-state index >= 15 is 0 Å². The van der Waals surface area contributed by atoms with Crippen LogP contribution in [0.5, 0.6) is 11.5 Å². The van der Waals surface area contributed by atoms with Crippen LogP contribution in [0.1, 0.15) is 43.0 Å². The number of amides is 1. The summed E-state index contributed by atoms with van der Waals surface area (Å²) in [6, 6.07) is 4.42. The van der Waals surface area contributed by atoms with Crippen LogP contribution >= 0.6 is 0 Å². The SMILES string of the molecule is CC(NC(=O)c1c(O)cccc1O)C1CC2CCC1C2. The Morgan fingerprint density at radius 3 is 2.50 bits per heavy atom. The average molecular weight is 275 g/mol. The van der Waals surface area contributed by atoms with Crippen molar-refractivity contribution in [3.63, 3.8) is 0 Å². The van der Waals surface area contributed by atoms with Crippen molar-refractivity contribution in [2.24, 2.45) is 17.8 Å². The molecule has 4 nitrogen and oxygen atoms in total. The second kappa shape index (κ2) is 5.00. The first-order valence-electron chi connectivity index (χ1n) is 7.38. The number of nitrogens with one attached hydrogen (secondary N) is 1. The van der Waals surface area contributed by atoms with Gasteiger partial charge < -0.3 is 15.5 Å². The largest absolute Gasteiger partial charge is 0.507 e. The van der Waals surface area contributed by atoms with Crippen molar-refractivity contribution in [2.75, 3.05) is 0 Å². The van der Waals surface area contributed by atoms with Crippen LogP contribution in [0, 0.1) is 17.8 Å². The monoisotopic (exact) mass is 275 g/mol. The lowest BCUT2D eigenvalue weighted by atomic mass is 9.84. The smallest absolute Gasteiger partial charge is 0.259 e.